The average Bonchev–Trinajstić information content (AvgIpc) is 3.35. The number of ether oxygens (including phenoxy) is 1. The van der Waals surface area contributed by atoms with E-state index in [1.165, 1.54) is 0 Å². The summed E-state index contributed by atoms with van der Waals surface area (Å²) in [5.74, 6) is 2.53. The Balaban J connectivity index is 1.10. The highest BCUT2D eigenvalue weighted by molar-refractivity contribution is 6.33. The lowest BCUT2D eigenvalue weighted by atomic mass is 9.96. The Morgan fingerprint density at radius 2 is 1.66 bits per heavy atom. The van der Waals surface area contributed by atoms with Gasteiger partial charge in [-0.2, -0.15) is 4.98 Å². The number of rotatable bonds is 7. The largest absolute Gasteiger partial charge is 0.457 e. The summed E-state index contributed by atoms with van der Waals surface area (Å²) in [5.41, 5.74) is 1.51. The number of benzene rings is 3. The fourth-order valence-corrected chi connectivity index (χ4v) is 4.31. The third-order valence-electron chi connectivity index (χ3n) is 6.00. The molecule has 0 atom stereocenters. The first-order valence-corrected chi connectivity index (χ1v) is 12.0. The highest BCUT2D eigenvalue weighted by atomic mass is 35.5. The number of carbonyl (C=O) groups is 1. The van der Waals surface area contributed by atoms with Gasteiger partial charge in [0.05, 0.1) is 11.6 Å². The van der Waals surface area contributed by atoms with Gasteiger partial charge in [-0.1, -0.05) is 47.1 Å². The van der Waals surface area contributed by atoms with Crippen LogP contribution in [0.3, 0.4) is 0 Å². The molecule has 0 bridgehead atoms. The zero-order chi connectivity index (χ0) is 24.0. The lowest BCUT2D eigenvalue weighted by Crippen LogP contribution is -2.37. The van der Waals surface area contributed by atoms with E-state index in [0.29, 0.717) is 23.3 Å². The van der Waals surface area contributed by atoms with Crippen molar-refractivity contribution >= 4 is 23.2 Å². The molecule has 1 saturated heterocycles. The number of nitrogens with zero attached hydrogens (tertiary/aromatic N) is 3. The van der Waals surface area contributed by atoms with Crippen LogP contribution in [0.5, 0.6) is 11.5 Å². The van der Waals surface area contributed by atoms with Gasteiger partial charge < -0.3 is 14.6 Å². The number of hydrogen-bond donors (Lipinski definition) is 1. The molecule has 0 saturated carbocycles. The van der Waals surface area contributed by atoms with Crippen LogP contribution in [0.15, 0.2) is 83.4 Å². The van der Waals surface area contributed by atoms with E-state index in [9.17, 15) is 4.79 Å². The van der Waals surface area contributed by atoms with Crippen LogP contribution in [0.25, 0.3) is 11.4 Å². The molecular formula is C27H25ClN4O3. The van der Waals surface area contributed by atoms with E-state index in [1.807, 2.05) is 72.8 Å². The second-order valence-corrected chi connectivity index (χ2v) is 8.88. The first-order chi connectivity index (χ1) is 17.1. The summed E-state index contributed by atoms with van der Waals surface area (Å²) in [5, 5.41) is 7.68. The maximum atomic E-state index is 12.8. The number of piperidine rings is 1. The Hall–Kier alpha value is -3.68. The van der Waals surface area contributed by atoms with E-state index in [2.05, 4.69) is 20.4 Å². The minimum Gasteiger partial charge on any atom is -0.457 e. The molecule has 4 aromatic rings. The molecule has 35 heavy (non-hydrogen) atoms. The smallest absolute Gasteiger partial charge is 0.241 e. The summed E-state index contributed by atoms with van der Waals surface area (Å²) in [4.78, 5) is 19.5. The SMILES string of the molecule is O=C(Nc1ccc(Oc2ccccc2)cc1)C1CCN(Cc2nc(-c3ccccc3Cl)no2)CC1. The Morgan fingerprint density at radius 3 is 2.40 bits per heavy atom. The van der Waals surface area contributed by atoms with Gasteiger partial charge in [0.15, 0.2) is 0 Å². The van der Waals surface area contributed by atoms with Gasteiger partial charge in [0.1, 0.15) is 11.5 Å². The van der Waals surface area contributed by atoms with Crippen LogP contribution in [0.4, 0.5) is 5.69 Å². The molecule has 1 fully saturated rings. The predicted octanol–water partition coefficient (Wildman–Crippen LogP) is 6.03. The highest BCUT2D eigenvalue weighted by Gasteiger charge is 2.26. The van der Waals surface area contributed by atoms with E-state index >= 15 is 0 Å². The molecular weight excluding hydrogens is 464 g/mol. The Labute approximate surface area is 208 Å². The van der Waals surface area contributed by atoms with Crippen molar-refractivity contribution in [1.29, 1.82) is 0 Å². The van der Waals surface area contributed by atoms with Gasteiger partial charge >= 0.3 is 0 Å². The Morgan fingerprint density at radius 1 is 0.971 bits per heavy atom. The Bertz CT molecular complexity index is 1270. The summed E-state index contributed by atoms with van der Waals surface area (Å²) < 4.78 is 11.2. The molecule has 2 heterocycles. The van der Waals surface area contributed by atoms with Crippen LogP contribution in [-0.4, -0.2) is 34.0 Å². The Kier molecular flexibility index (Phi) is 7.07. The molecule has 0 aliphatic carbocycles. The van der Waals surface area contributed by atoms with Gasteiger partial charge in [0.2, 0.25) is 17.6 Å². The van der Waals surface area contributed by atoms with Gasteiger partial charge in [0, 0.05) is 17.2 Å². The minimum absolute atomic E-state index is 0.0344. The molecule has 1 aliphatic rings. The third kappa shape index (κ3) is 5.88. The maximum absolute atomic E-state index is 12.8. The molecule has 8 heteroatoms. The summed E-state index contributed by atoms with van der Waals surface area (Å²) in [6.45, 7) is 2.12. The molecule has 0 radical (unpaired) electrons. The normalized spacial score (nSPS) is 14.5. The lowest BCUT2D eigenvalue weighted by molar-refractivity contribution is -0.121. The number of nitrogens with one attached hydrogen (secondary N) is 1. The van der Waals surface area contributed by atoms with Gasteiger partial charge in [-0.05, 0) is 74.5 Å². The van der Waals surface area contributed by atoms with Crippen LogP contribution < -0.4 is 10.1 Å². The standard InChI is InChI=1S/C27H25ClN4O3/c28-24-9-5-4-8-23(24)26-30-25(35-31-26)18-32-16-14-19(15-17-32)27(33)29-20-10-12-22(13-11-20)34-21-6-2-1-3-7-21/h1-13,19H,14-18H2,(H,29,33). The van der Waals surface area contributed by atoms with E-state index in [1.54, 1.807) is 6.07 Å². The second-order valence-electron chi connectivity index (χ2n) is 8.47. The van der Waals surface area contributed by atoms with Gasteiger partial charge in [-0.25, -0.2) is 0 Å². The summed E-state index contributed by atoms with van der Waals surface area (Å²) in [7, 11) is 0. The monoisotopic (exact) mass is 488 g/mol. The third-order valence-corrected chi connectivity index (χ3v) is 6.33. The van der Waals surface area contributed by atoms with Crippen LogP contribution >= 0.6 is 11.6 Å². The highest BCUT2D eigenvalue weighted by Crippen LogP contribution is 2.27. The molecule has 0 spiro atoms. The van der Waals surface area contributed by atoms with Crippen LogP contribution in [-0.2, 0) is 11.3 Å². The zero-order valence-electron chi connectivity index (χ0n) is 19.1. The second kappa shape index (κ2) is 10.7. The fraction of sp³-hybridized carbons (Fsp3) is 0.222. The van der Waals surface area contributed by atoms with E-state index in [0.717, 1.165) is 48.7 Å². The van der Waals surface area contributed by atoms with Crippen molar-refractivity contribution in [2.45, 2.75) is 19.4 Å². The number of amides is 1. The van der Waals surface area contributed by atoms with Gasteiger partial charge in [-0.3, -0.25) is 9.69 Å². The zero-order valence-corrected chi connectivity index (χ0v) is 19.8. The number of hydrogen-bond acceptors (Lipinski definition) is 6. The van der Waals surface area contributed by atoms with E-state index in [-0.39, 0.29) is 11.8 Å². The first kappa shape index (κ1) is 23.1. The van der Waals surface area contributed by atoms with Gasteiger partial charge in [-0.15, -0.1) is 0 Å². The maximum Gasteiger partial charge on any atom is 0.241 e. The molecule has 1 aromatic heterocycles. The molecule has 178 valence electrons. The van der Waals surface area contributed by atoms with Crippen LogP contribution in [0, 0.1) is 5.92 Å². The van der Waals surface area contributed by atoms with E-state index in [4.69, 9.17) is 20.9 Å². The number of halogens is 1. The molecule has 3 aromatic carbocycles. The number of anilines is 1. The summed E-state index contributed by atoms with van der Waals surface area (Å²) in [6.07, 6.45) is 1.54. The molecule has 5 rings (SSSR count). The molecule has 1 aliphatic heterocycles. The first-order valence-electron chi connectivity index (χ1n) is 11.6. The van der Waals surface area contributed by atoms with Crippen molar-refractivity contribution in [3.63, 3.8) is 0 Å². The molecule has 1 amide bonds. The van der Waals surface area contributed by atoms with Crippen molar-refractivity contribution in [1.82, 2.24) is 15.0 Å². The fourth-order valence-electron chi connectivity index (χ4n) is 4.09. The number of aromatic nitrogens is 2. The number of para-hydroxylation sites is 1. The summed E-state index contributed by atoms with van der Waals surface area (Å²) >= 11 is 6.23. The lowest BCUT2D eigenvalue weighted by Gasteiger charge is -2.30. The molecule has 1 N–H and O–H groups in total. The van der Waals surface area contributed by atoms with Gasteiger partial charge in [0.25, 0.3) is 0 Å². The van der Waals surface area contributed by atoms with Crippen LogP contribution in [0.1, 0.15) is 18.7 Å². The average molecular weight is 489 g/mol. The topological polar surface area (TPSA) is 80.5 Å². The van der Waals surface area contributed by atoms with Crippen molar-refractivity contribution in [3.05, 3.63) is 89.8 Å². The molecule has 0 unspecified atom stereocenters. The number of likely N-dealkylation sites (tertiary alicyclic amines) is 1. The summed E-state index contributed by atoms with van der Waals surface area (Å²) in [6, 6.07) is 24.4. The van der Waals surface area contributed by atoms with E-state index < -0.39 is 0 Å². The van der Waals surface area contributed by atoms with Crippen molar-refractivity contribution in [2.24, 2.45) is 5.92 Å². The van der Waals surface area contributed by atoms with Crippen LogP contribution in [0.2, 0.25) is 5.02 Å². The molecule has 7 nitrogen and oxygen atoms in total. The predicted molar refractivity (Wildman–Crippen MR) is 134 cm³/mol. The van der Waals surface area contributed by atoms with Crippen molar-refractivity contribution in [2.75, 3.05) is 18.4 Å². The number of carbonyl (C=O) groups excluding carboxylic acids is 1. The van der Waals surface area contributed by atoms with Crippen molar-refractivity contribution in [3.8, 4) is 22.9 Å². The van der Waals surface area contributed by atoms with Crippen molar-refractivity contribution < 1.29 is 14.1 Å². The quantitative estimate of drug-likeness (QED) is 0.342. The minimum atomic E-state index is -0.0344.